The summed E-state index contributed by atoms with van der Waals surface area (Å²) in [5.74, 6) is 0. The average Bonchev–Trinajstić information content (AvgIpc) is 2.04. The normalized spacial score (nSPS) is 9.09. The zero-order chi connectivity index (χ0) is 8.27. The molecule has 0 heterocycles. The van der Waals surface area contributed by atoms with Crippen LogP contribution in [-0.2, 0) is 0 Å². The van der Waals surface area contributed by atoms with E-state index in [1.165, 1.54) is 12.1 Å². The van der Waals surface area contributed by atoms with E-state index in [1.54, 1.807) is 6.07 Å². The number of anilines is 1. The van der Waals surface area contributed by atoms with Gasteiger partial charge in [0.15, 0.2) is 0 Å². The standard InChI is InChI=1S/C7H7N3O/c1-9-7-3-2-5(10-11)4-6(7)8/h2-4H,1,8H2. The lowest BCUT2D eigenvalue weighted by molar-refractivity contribution is 1.47. The molecule has 0 atom stereocenters. The van der Waals surface area contributed by atoms with E-state index in [2.05, 4.69) is 16.9 Å². The monoisotopic (exact) mass is 149 g/mol. The molecular weight excluding hydrogens is 142 g/mol. The van der Waals surface area contributed by atoms with Crippen molar-refractivity contribution in [1.82, 2.24) is 0 Å². The number of rotatable bonds is 2. The second-order valence-electron chi connectivity index (χ2n) is 1.99. The molecule has 4 heteroatoms. The molecule has 1 aromatic rings. The van der Waals surface area contributed by atoms with Gasteiger partial charge in [0.05, 0.1) is 11.4 Å². The first-order chi connectivity index (χ1) is 5.27. The molecule has 56 valence electrons. The third kappa shape index (κ3) is 1.40. The molecule has 2 N–H and O–H groups in total. The maximum absolute atomic E-state index is 10.0. The predicted molar refractivity (Wildman–Crippen MR) is 45.5 cm³/mol. The summed E-state index contributed by atoms with van der Waals surface area (Å²) in [6.45, 7) is 3.31. The van der Waals surface area contributed by atoms with Crippen molar-refractivity contribution < 1.29 is 0 Å². The quantitative estimate of drug-likeness (QED) is 0.397. The van der Waals surface area contributed by atoms with E-state index >= 15 is 0 Å². The Hall–Kier alpha value is -1.71. The first-order valence-corrected chi connectivity index (χ1v) is 2.97. The van der Waals surface area contributed by atoms with Crippen molar-refractivity contribution in [2.75, 3.05) is 5.73 Å². The van der Waals surface area contributed by atoms with Gasteiger partial charge in [-0.15, -0.1) is 4.91 Å². The van der Waals surface area contributed by atoms with Crippen LogP contribution < -0.4 is 5.73 Å². The molecule has 0 aromatic heterocycles. The minimum absolute atomic E-state index is 0.301. The fraction of sp³-hybridized carbons (Fsp3) is 0. The molecule has 0 fully saturated rings. The molecule has 0 aliphatic heterocycles. The first-order valence-electron chi connectivity index (χ1n) is 2.97. The summed E-state index contributed by atoms with van der Waals surface area (Å²) in [7, 11) is 0. The van der Waals surface area contributed by atoms with Crippen LogP contribution >= 0.6 is 0 Å². The highest BCUT2D eigenvalue weighted by Crippen LogP contribution is 2.25. The molecule has 1 rings (SSSR count). The lowest BCUT2D eigenvalue weighted by Gasteiger charge is -1.97. The molecule has 0 amide bonds. The number of nitrogens with zero attached hydrogens (tertiary/aromatic N) is 2. The molecule has 0 radical (unpaired) electrons. The van der Waals surface area contributed by atoms with Crippen LogP contribution in [0.4, 0.5) is 17.1 Å². The number of benzene rings is 1. The number of hydrogen-bond acceptors (Lipinski definition) is 4. The Balaban J connectivity index is 3.18. The molecule has 0 spiro atoms. The fourth-order valence-corrected chi connectivity index (χ4v) is 0.743. The van der Waals surface area contributed by atoms with Crippen LogP contribution in [0.25, 0.3) is 0 Å². The van der Waals surface area contributed by atoms with Crippen LogP contribution in [0.3, 0.4) is 0 Å². The van der Waals surface area contributed by atoms with E-state index in [4.69, 9.17) is 5.73 Å². The van der Waals surface area contributed by atoms with Crippen molar-refractivity contribution in [3.8, 4) is 0 Å². The number of aliphatic imine (C=N–C) groups is 1. The molecule has 0 unspecified atom stereocenters. The Bertz CT molecular complexity index is 296. The highest BCUT2D eigenvalue weighted by molar-refractivity contribution is 5.69. The third-order valence-corrected chi connectivity index (χ3v) is 1.29. The van der Waals surface area contributed by atoms with Crippen LogP contribution in [0.1, 0.15) is 0 Å². The van der Waals surface area contributed by atoms with Gasteiger partial charge in [0.25, 0.3) is 0 Å². The zero-order valence-electron chi connectivity index (χ0n) is 5.82. The Labute approximate surface area is 63.7 Å². The van der Waals surface area contributed by atoms with E-state index in [0.717, 1.165) is 0 Å². The van der Waals surface area contributed by atoms with Gasteiger partial charge in [-0.2, -0.15) is 0 Å². The molecule has 11 heavy (non-hydrogen) atoms. The first kappa shape index (κ1) is 7.40. The summed E-state index contributed by atoms with van der Waals surface area (Å²) in [4.78, 5) is 13.6. The van der Waals surface area contributed by atoms with E-state index in [-0.39, 0.29) is 0 Å². The van der Waals surface area contributed by atoms with E-state index < -0.39 is 0 Å². The third-order valence-electron chi connectivity index (χ3n) is 1.29. The molecule has 0 aliphatic rings. The zero-order valence-corrected chi connectivity index (χ0v) is 5.82. The van der Waals surface area contributed by atoms with Gasteiger partial charge in [-0.3, -0.25) is 4.99 Å². The smallest absolute Gasteiger partial charge is 0.110 e. The van der Waals surface area contributed by atoms with Gasteiger partial charge >= 0.3 is 0 Å². The summed E-state index contributed by atoms with van der Waals surface area (Å²) in [5, 5.41) is 2.71. The maximum Gasteiger partial charge on any atom is 0.110 e. The van der Waals surface area contributed by atoms with E-state index in [0.29, 0.717) is 17.1 Å². The largest absolute Gasteiger partial charge is 0.397 e. The SMILES string of the molecule is C=Nc1ccc(N=O)cc1N. The second-order valence-corrected chi connectivity index (χ2v) is 1.99. The summed E-state index contributed by atoms with van der Waals surface area (Å²) in [6, 6.07) is 4.59. The topological polar surface area (TPSA) is 67.8 Å². The van der Waals surface area contributed by atoms with Crippen LogP contribution in [0.15, 0.2) is 28.4 Å². The summed E-state index contributed by atoms with van der Waals surface area (Å²) in [6.07, 6.45) is 0. The van der Waals surface area contributed by atoms with Crippen LogP contribution in [0, 0.1) is 4.91 Å². The van der Waals surface area contributed by atoms with Crippen LogP contribution in [-0.4, -0.2) is 6.72 Å². The van der Waals surface area contributed by atoms with Crippen molar-refractivity contribution in [3.05, 3.63) is 23.1 Å². The molecule has 1 aromatic carbocycles. The Kier molecular flexibility index (Phi) is 1.96. The van der Waals surface area contributed by atoms with Gasteiger partial charge in [0.2, 0.25) is 0 Å². The second kappa shape index (κ2) is 2.92. The Morgan fingerprint density at radius 3 is 2.64 bits per heavy atom. The fourth-order valence-electron chi connectivity index (χ4n) is 0.743. The molecule has 0 saturated heterocycles. The average molecular weight is 149 g/mol. The molecule has 0 saturated carbocycles. The van der Waals surface area contributed by atoms with Gasteiger partial charge in [0.1, 0.15) is 5.69 Å². The molecular formula is C7H7N3O. The molecule has 0 aliphatic carbocycles. The maximum atomic E-state index is 10.0. The Morgan fingerprint density at radius 1 is 1.45 bits per heavy atom. The highest BCUT2D eigenvalue weighted by atomic mass is 16.3. The highest BCUT2D eigenvalue weighted by Gasteiger charge is 1.97. The number of nitrogen functional groups attached to an aromatic ring is 1. The van der Waals surface area contributed by atoms with E-state index in [1.807, 2.05) is 0 Å². The van der Waals surface area contributed by atoms with Crippen molar-refractivity contribution in [3.63, 3.8) is 0 Å². The van der Waals surface area contributed by atoms with Crippen molar-refractivity contribution >= 4 is 23.8 Å². The minimum Gasteiger partial charge on any atom is -0.397 e. The van der Waals surface area contributed by atoms with Gasteiger partial charge in [0, 0.05) is 0 Å². The van der Waals surface area contributed by atoms with Gasteiger partial charge in [-0.05, 0) is 30.1 Å². The summed E-state index contributed by atoms with van der Waals surface area (Å²) >= 11 is 0. The lowest BCUT2D eigenvalue weighted by atomic mass is 10.2. The van der Waals surface area contributed by atoms with Crippen molar-refractivity contribution in [1.29, 1.82) is 0 Å². The number of nitrogens with two attached hydrogens (primary N) is 1. The van der Waals surface area contributed by atoms with Crippen LogP contribution in [0.5, 0.6) is 0 Å². The molecule has 0 bridgehead atoms. The summed E-state index contributed by atoms with van der Waals surface area (Å²) in [5.41, 5.74) is 6.76. The summed E-state index contributed by atoms with van der Waals surface area (Å²) < 4.78 is 0. The van der Waals surface area contributed by atoms with Crippen LogP contribution in [0.2, 0.25) is 0 Å². The van der Waals surface area contributed by atoms with Crippen molar-refractivity contribution in [2.45, 2.75) is 0 Å². The minimum atomic E-state index is 0.301. The van der Waals surface area contributed by atoms with E-state index in [9.17, 15) is 4.91 Å². The molecule has 4 nitrogen and oxygen atoms in total. The Morgan fingerprint density at radius 2 is 2.18 bits per heavy atom. The van der Waals surface area contributed by atoms with Gasteiger partial charge in [-0.1, -0.05) is 0 Å². The van der Waals surface area contributed by atoms with Gasteiger partial charge < -0.3 is 5.73 Å². The van der Waals surface area contributed by atoms with Gasteiger partial charge in [-0.25, -0.2) is 0 Å². The number of hydrogen-bond donors (Lipinski definition) is 1. The predicted octanol–water partition coefficient (Wildman–Crippen LogP) is 2.00. The van der Waals surface area contributed by atoms with Crippen molar-refractivity contribution in [2.24, 2.45) is 10.2 Å². The lowest BCUT2D eigenvalue weighted by Crippen LogP contribution is -1.83. The number of nitroso groups, excluding NO2 is 1.